The molecule has 15 heavy (non-hydrogen) atoms. The van der Waals surface area contributed by atoms with Crippen molar-refractivity contribution in [2.45, 2.75) is 0 Å². The second kappa shape index (κ2) is 3.23. The van der Waals surface area contributed by atoms with Crippen molar-refractivity contribution in [2.24, 2.45) is 0 Å². The minimum atomic E-state index is -1.27. The van der Waals surface area contributed by atoms with Crippen molar-refractivity contribution in [1.82, 2.24) is 10.2 Å². The summed E-state index contributed by atoms with van der Waals surface area (Å²) in [6, 6.07) is 2.60. The molecule has 0 saturated carbocycles. The Balaban J connectivity index is 2.77. The fraction of sp³-hybridized carbons (Fsp3) is 0.111. The van der Waals surface area contributed by atoms with E-state index >= 15 is 0 Å². The van der Waals surface area contributed by atoms with Crippen LogP contribution in [-0.2, 0) is 0 Å². The number of rotatable bonds is 2. The number of carbonyl (C=O) groups is 1. The average molecular weight is 210 g/mol. The number of H-pyrrole nitrogens is 1. The molecule has 0 radical (unpaired) electrons. The lowest BCUT2D eigenvalue weighted by Gasteiger charge is -2.00. The molecule has 0 spiro atoms. The number of hydrogen-bond acceptors (Lipinski definition) is 3. The van der Waals surface area contributed by atoms with E-state index in [0.29, 0.717) is 11.3 Å². The van der Waals surface area contributed by atoms with Crippen molar-refractivity contribution in [2.75, 3.05) is 7.11 Å². The number of aromatic carboxylic acids is 1. The number of benzene rings is 1. The lowest BCUT2D eigenvalue weighted by atomic mass is 10.2. The van der Waals surface area contributed by atoms with Crippen LogP contribution in [0.3, 0.4) is 0 Å². The standard InChI is InChI=1S/C9H7FN2O3/c1-15-4-2-5(10)7-6(3-4)11-12-8(7)9(13)14/h2-3H,1H3,(H,11,12)(H,13,14). The molecular weight excluding hydrogens is 203 g/mol. The van der Waals surface area contributed by atoms with Gasteiger partial charge in [-0.15, -0.1) is 0 Å². The molecule has 2 aromatic rings. The maximum absolute atomic E-state index is 13.5. The second-order valence-electron chi connectivity index (χ2n) is 2.91. The van der Waals surface area contributed by atoms with E-state index in [1.54, 1.807) is 0 Å². The molecule has 0 aliphatic carbocycles. The third kappa shape index (κ3) is 1.39. The normalized spacial score (nSPS) is 10.5. The van der Waals surface area contributed by atoms with Crippen molar-refractivity contribution in [3.8, 4) is 5.75 Å². The van der Waals surface area contributed by atoms with Crippen LogP contribution in [0.1, 0.15) is 10.5 Å². The van der Waals surface area contributed by atoms with Gasteiger partial charge in [-0.1, -0.05) is 0 Å². The van der Waals surface area contributed by atoms with Crippen molar-refractivity contribution in [3.63, 3.8) is 0 Å². The summed E-state index contributed by atoms with van der Waals surface area (Å²) in [5, 5.41) is 14.6. The summed E-state index contributed by atoms with van der Waals surface area (Å²) >= 11 is 0. The summed E-state index contributed by atoms with van der Waals surface area (Å²) in [6.07, 6.45) is 0. The molecule has 0 aliphatic heterocycles. The van der Waals surface area contributed by atoms with E-state index in [4.69, 9.17) is 9.84 Å². The van der Waals surface area contributed by atoms with E-state index in [1.807, 2.05) is 0 Å². The Morgan fingerprint density at radius 1 is 1.60 bits per heavy atom. The maximum atomic E-state index is 13.5. The molecule has 0 aliphatic rings. The summed E-state index contributed by atoms with van der Waals surface area (Å²) in [5.74, 6) is -1.64. The topological polar surface area (TPSA) is 75.2 Å². The third-order valence-corrected chi connectivity index (χ3v) is 2.03. The highest BCUT2D eigenvalue weighted by Crippen LogP contribution is 2.25. The zero-order chi connectivity index (χ0) is 11.0. The molecule has 2 N–H and O–H groups in total. The van der Waals surface area contributed by atoms with E-state index in [0.717, 1.165) is 6.07 Å². The summed E-state index contributed by atoms with van der Waals surface area (Å²) in [7, 11) is 1.40. The molecule has 0 unspecified atom stereocenters. The Morgan fingerprint density at radius 3 is 2.93 bits per heavy atom. The summed E-state index contributed by atoms with van der Waals surface area (Å²) in [5.41, 5.74) is -0.0330. The van der Waals surface area contributed by atoms with Crippen molar-refractivity contribution in [3.05, 3.63) is 23.6 Å². The number of aromatic nitrogens is 2. The van der Waals surface area contributed by atoms with Crippen LogP contribution in [0.5, 0.6) is 5.75 Å². The van der Waals surface area contributed by atoms with Gasteiger partial charge < -0.3 is 9.84 Å². The monoisotopic (exact) mass is 210 g/mol. The van der Waals surface area contributed by atoms with Gasteiger partial charge in [0.1, 0.15) is 11.6 Å². The Bertz CT molecular complexity index is 535. The second-order valence-corrected chi connectivity index (χ2v) is 2.91. The zero-order valence-corrected chi connectivity index (χ0v) is 7.74. The van der Waals surface area contributed by atoms with Gasteiger partial charge in [0.2, 0.25) is 0 Å². The number of nitrogens with one attached hydrogen (secondary N) is 1. The smallest absolute Gasteiger partial charge is 0.357 e. The molecule has 78 valence electrons. The highest BCUT2D eigenvalue weighted by atomic mass is 19.1. The van der Waals surface area contributed by atoms with Crippen LogP contribution in [0.2, 0.25) is 0 Å². The first kappa shape index (κ1) is 9.45. The predicted molar refractivity (Wildman–Crippen MR) is 49.6 cm³/mol. The molecule has 5 nitrogen and oxygen atoms in total. The van der Waals surface area contributed by atoms with Gasteiger partial charge in [0, 0.05) is 12.1 Å². The Labute approximate surface area is 83.5 Å². The van der Waals surface area contributed by atoms with Crippen LogP contribution in [0.4, 0.5) is 4.39 Å². The first-order valence-corrected chi connectivity index (χ1v) is 4.08. The largest absolute Gasteiger partial charge is 0.497 e. The molecule has 2 rings (SSSR count). The summed E-state index contributed by atoms with van der Waals surface area (Å²) < 4.78 is 18.3. The Hall–Kier alpha value is -2.11. The average Bonchev–Trinajstić information content (AvgIpc) is 2.61. The SMILES string of the molecule is COc1cc(F)c2c(C(=O)O)n[nH]c2c1. The minimum absolute atomic E-state index is 0.0386. The van der Waals surface area contributed by atoms with Crippen LogP contribution >= 0.6 is 0 Å². The maximum Gasteiger partial charge on any atom is 0.357 e. The molecule has 0 amide bonds. The predicted octanol–water partition coefficient (Wildman–Crippen LogP) is 1.41. The van der Waals surface area contributed by atoms with Gasteiger partial charge in [0.25, 0.3) is 0 Å². The van der Waals surface area contributed by atoms with Crippen molar-refractivity contribution >= 4 is 16.9 Å². The van der Waals surface area contributed by atoms with E-state index in [2.05, 4.69) is 10.2 Å². The number of carboxylic acids is 1. The van der Waals surface area contributed by atoms with Crippen LogP contribution in [0.25, 0.3) is 10.9 Å². The van der Waals surface area contributed by atoms with Gasteiger partial charge in [-0.25, -0.2) is 9.18 Å². The summed E-state index contributed by atoms with van der Waals surface area (Å²) in [6.45, 7) is 0. The minimum Gasteiger partial charge on any atom is -0.497 e. The highest BCUT2D eigenvalue weighted by Gasteiger charge is 2.17. The lowest BCUT2D eigenvalue weighted by molar-refractivity contribution is 0.0692. The molecule has 0 bridgehead atoms. The number of nitrogens with zero attached hydrogens (tertiary/aromatic N) is 1. The van der Waals surface area contributed by atoms with Gasteiger partial charge in [-0.3, -0.25) is 5.10 Å². The molecule has 0 saturated heterocycles. The van der Waals surface area contributed by atoms with Gasteiger partial charge in [0.15, 0.2) is 5.69 Å². The quantitative estimate of drug-likeness (QED) is 0.785. The molecule has 6 heteroatoms. The number of hydrogen-bond donors (Lipinski definition) is 2. The van der Waals surface area contributed by atoms with Crippen molar-refractivity contribution in [1.29, 1.82) is 0 Å². The van der Waals surface area contributed by atoms with Crippen LogP contribution in [-0.4, -0.2) is 28.4 Å². The van der Waals surface area contributed by atoms with Gasteiger partial charge in [-0.2, -0.15) is 5.10 Å². The number of aromatic amines is 1. The number of carboxylic acid groups (broad SMARTS) is 1. The lowest BCUT2D eigenvalue weighted by Crippen LogP contribution is -1.98. The molecule has 1 aromatic heterocycles. The number of methoxy groups -OCH3 is 1. The molecule has 1 heterocycles. The number of fused-ring (bicyclic) bond motifs is 1. The van der Waals surface area contributed by atoms with E-state index in [1.165, 1.54) is 13.2 Å². The third-order valence-electron chi connectivity index (χ3n) is 2.03. The Kier molecular flexibility index (Phi) is 2.03. The number of ether oxygens (including phenoxy) is 1. The van der Waals surface area contributed by atoms with Crippen LogP contribution < -0.4 is 4.74 Å². The first-order valence-electron chi connectivity index (χ1n) is 4.08. The molecule has 0 fully saturated rings. The number of halogens is 1. The first-order chi connectivity index (χ1) is 7.13. The zero-order valence-electron chi connectivity index (χ0n) is 7.74. The molecule has 0 atom stereocenters. The van der Waals surface area contributed by atoms with Gasteiger partial charge in [-0.05, 0) is 0 Å². The fourth-order valence-corrected chi connectivity index (χ4v) is 1.36. The molecular formula is C9H7FN2O3. The molecule has 1 aromatic carbocycles. The van der Waals surface area contributed by atoms with Crippen LogP contribution in [0.15, 0.2) is 12.1 Å². The van der Waals surface area contributed by atoms with Crippen molar-refractivity contribution < 1.29 is 19.0 Å². The van der Waals surface area contributed by atoms with E-state index in [9.17, 15) is 9.18 Å². The van der Waals surface area contributed by atoms with Crippen LogP contribution in [0, 0.1) is 5.82 Å². The van der Waals surface area contributed by atoms with E-state index in [-0.39, 0.29) is 11.1 Å². The summed E-state index contributed by atoms with van der Waals surface area (Å²) in [4.78, 5) is 10.7. The highest BCUT2D eigenvalue weighted by molar-refractivity contribution is 6.01. The van der Waals surface area contributed by atoms with Gasteiger partial charge in [0.05, 0.1) is 18.0 Å². The van der Waals surface area contributed by atoms with E-state index < -0.39 is 11.8 Å². The fourth-order valence-electron chi connectivity index (χ4n) is 1.36. The Morgan fingerprint density at radius 2 is 2.33 bits per heavy atom. The van der Waals surface area contributed by atoms with Gasteiger partial charge >= 0.3 is 5.97 Å².